The molecule has 3 nitrogen and oxygen atoms in total. The molecule has 1 atom stereocenters. The van der Waals surface area contributed by atoms with Crippen molar-refractivity contribution in [2.24, 2.45) is 0 Å². The van der Waals surface area contributed by atoms with Gasteiger partial charge in [0.05, 0.1) is 0 Å². The van der Waals surface area contributed by atoms with Gasteiger partial charge in [-0.25, -0.2) is 0 Å². The molecule has 1 aromatic heterocycles. The van der Waals surface area contributed by atoms with E-state index in [-0.39, 0.29) is 0 Å². The zero-order valence-corrected chi connectivity index (χ0v) is 10.5. The van der Waals surface area contributed by atoms with Gasteiger partial charge in [-0.15, -0.1) is 0 Å². The van der Waals surface area contributed by atoms with Crippen molar-refractivity contribution in [3.05, 3.63) is 52.8 Å². The summed E-state index contributed by atoms with van der Waals surface area (Å²) < 4.78 is 0. The smallest absolute Gasteiger partial charge is 0.0490 e. The van der Waals surface area contributed by atoms with Gasteiger partial charge in [-0.1, -0.05) is 29.8 Å². The van der Waals surface area contributed by atoms with Crippen LogP contribution in [0.1, 0.15) is 18.2 Å². The van der Waals surface area contributed by atoms with E-state index < -0.39 is 0 Å². The molecule has 0 spiro atoms. The number of benzene rings is 1. The lowest BCUT2D eigenvalue weighted by Crippen LogP contribution is -2.27. The highest BCUT2D eigenvalue weighted by molar-refractivity contribution is 6.31. The lowest BCUT2D eigenvalue weighted by molar-refractivity contribution is 0.539. The molecule has 0 fully saturated rings. The first kappa shape index (κ1) is 12.1. The maximum atomic E-state index is 6.12. The highest BCUT2D eigenvalue weighted by Gasteiger charge is 2.06. The van der Waals surface area contributed by atoms with E-state index in [0.29, 0.717) is 6.04 Å². The van der Waals surface area contributed by atoms with Crippen molar-refractivity contribution < 1.29 is 0 Å². The van der Waals surface area contributed by atoms with E-state index in [1.54, 1.807) is 6.20 Å². The Morgan fingerprint density at radius 3 is 2.88 bits per heavy atom. The molecular weight excluding hydrogens is 234 g/mol. The summed E-state index contributed by atoms with van der Waals surface area (Å²) in [6, 6.07) is 10.3. The molecular formula is C13H16ClN3. The van der Waals surface area contributed by atoms with Gasteiger partial charge in [-0.2, -0.15) is 5.10 Å². The molecule has 0 aliphatic heterocycles. The van der Waals surface area contributed by atoms with Crippen LogP contribution in [0.4, 0.5) is 0 Å². The van der Waals surface area contributed by atoms with E-state index in [9.17, 15) is 0 Å². The minimum Gasteiger partial charge on any atom is -0.308 e. The molecule has 0 amide bonds. The molecule has 0 radical (unpaired) electrons. The van der Waals surface area contributed by atoms with E-state index >= 15 is 0 Å². The van der Waals surface area contributed by atoms with E-state index in [0.717, 1.165) is 23.7 Å². The van der Waals surface area contributed by atoms with Crippen molar-refractivity contribution in [1.82, 2.24) is 15.5 Å². The summed E-state index contributed by atoms with van der Waals surface area (Å²) in [4.78, 5) is 0. The number of hydrogen-bond donors (Lipinski definition) is 2. The number of halogens is 1. The molecule has 2 rings (SSSR count). The Labute approximate surface area is 106 Å². The van der Waals surface area contributed by atoms with Crippen LogP contribution in [0.15, 0.2) is 36.5 Å². The molecule has 2 aromatic rings. The van der Waals surface area contributed by atoms with Crippen LogP contribution in [0.3, 0.4) is 0 Å². The number of nitrogens with one attached hydrogen (secondary N) is 2. The van der Waals surface area contributed by atoms with Gasteiger partial charge < -0.3 is 5.32 Å². The highest BCUT2D eigenvalue weighted by Crippen LogP contribution is 2.16. The molecule has 4 heteroatoms. The maximum absolute atomic E-state index is 6.12. The fourth-order valence-corrected chi connectivity index (χ4v) is 1.95. The summed E-state index contributed by atoms with van der Waals surface area (Å²) in [5.41, 5.74) is 2.27. The van der Waals surface area contributed by atoms with Gasteiger partial charge in [0.1, 0.15) is 0 Å². The van der Waals surface area contributed by atoms with Gasteiger partial charge in [-0.3, -0.25) is 5.10 Å². The van der Waals surface area contributed by atoms with Crippen LogP contribution in [0.2, 0.25) is 5.02 Å². The third-order valence-electron chi connectivity index (χ3n) is 2.68. The number of rotatable bonds is 5. The standard InChI is InChI=1S/C13H16ClN3/c1-10(15-9-12-6-7-16-17-12)8-11-4-2-3-5-13(11)14/h2-7,10,15H,8-9H2,1H3,(H,16,17). The number of aromatic nitrogens is 2. The van der Waals surface area contributed by atoms with Gasteiger partial charge in [0, 0.05) is 29.5 Å². The quantitative estimate of drug-likeness (QED) is 0.856. The second kappa shape index (κ2) is 5.84. The van der Waals surface area contributed by atoms with Crippen LogP contribution in [-0.2, 0) is 13.0 Å². The van der Waals surface area contributed by atoms with Crippen molar-refractivity contribution in [2.75, 3.05) is 0 Å². The normalized spacial score (nSPS) is 12.6. The summed E-state index contributed by atoms with van der Waals surface area (Å²) in [5.74, 6) is 0. The van der Waals surface area contributed by atoms with Gasteiger partial charge in [0.15, 0.2) is 0 Å². The minimum atomic E-state index is 0.373. The Hall–Kier alpha value is -1.32. The zero-order valence-electron chi connectivity index (χ0n) is 9.78. The number of nitrogens with zero attached hydrogens (tertiary/aromatic N) is 1. The Kier molecular flexibility index (Phi) is 4.18. The maximum Gasteiger partial charge on any atom is 0.0490 e. The van der Waals surface area contributed by atoms with Crippen molar-refractivity contribution in [1.29, 1.82) is 0 Å². The predicted octanol–water partition coefficient (Wildman–Crippen LogP) is 2.78. The van der Waals surface area contributed by atoms with Crippen LogP contribution in [0.25, 0.3) is 0 Å². The van der Waals surface area contributed by atoms with Crippen molar-refractivity contribution >= 4 is 11.6 Å². The monoisotopic (exact) mass is 249 g/mol. The Balaban J connectivity index is 1.85. The van der Waals surface area contributed by atoms with Crippen LogP contribution in [0, 0.1) is 0 Å². The largest absolute Gasteiger partial charge is 0.308 e. The highest BCUT2D eigenvalue weighted by atomic mass is 35.5. The predicted molar refractivity (Wildman–Crippen MR) is 70.0 cm³/mol. The molecule has 0 bridgehead atoms. The molecule has 0 saturated heterocycles. The SMILES string of the molecule is CC(Cc1ccccc1Cl)NCc1ccn[nH]1. The summed E-state index contributed by atoms with van der Waals surface area (Å²) >= 11 is 6.12. The van der Waals surface area contributed by atoms with Gasteiger partial charge >= 0.3 is 0 Å². The lowest BCUT2D eigenvalue weighted by atomic mass is 10.1. The Morgan fingerprint density at radius 1 is 1.35 bits per heavy atom. The molecule has 2 N–H and O–H groups in total. The fourth-order valence-electron chi connectivity index (χ4n) is 1.73. The zero-order chi connectivity index (χ0) is 12.1. The average Bonchev–Trinajstić information content (AvgIpc) is 2.82. The van der Waals surface area contributed by atoms with E-state index in [1.165, 1.54) is 5.56 Å². The molecule has 90 valence electrons. The second-order valence-corrected chi connectivity index (χ2v) is 4.57. The summed E-state index contributed by atoms with van der Waals surface area (Å²) in [5, 5.41) is 11.1. The average molecular weight is 250 g/mol. The number of hydrogen-bond acceptors (Lipinski definition) is 2. The Morgan fingerprint density at radius 2 is 2.18 bits per heavy atom. The fraction of sp³-hybridized carbons (Fsp3) is 0.308. The molecule has 0 aliphatic rings. The van der Waals surface area contributed by atoms with Gasteiger partial charge in [0.25, 0.3) is 0 Å². The lowest BCUT2D eigenvalue weighted by Gasteiger charge is -2.14. The molecule has 0 saturated carbocycles. The second-order valence-electron chi connectivity index (χ2n) is 4.16. The number of aromatic amines is 1. The van der Waals surface area contributed by atoms with Crippen molar-refractivity contribution in [3.63, 3.8) is 0 Å². The van der Waals surface area contributed by atoms with Gasteiger partial charge in [0.2, 0.25) is 0 Å². The van der Waals surface area contributed by atoms with Crippen LogP contribution < -0.4 is 5.32 Å². The summed E-state index contributed by atoms with van der Waals surface area (Å²) in [6.45, 7) is 2.95. The van der Waals surface area contributed by atoms with Gasteiger partial charge in [-0.05, 0) is 31.0 Å². The summed E-state index contributed by atoms with van der Waals surface area (Å²) in [7, 11) is 0. The third-order valence-corrected chi connectivity index (χ3v) is 3.05. The topological polar surface area (TPSA) is 40.7 Å². The van der Waals surface area contributed by atoms with Crippen molar-refractivity contribution in [2.45, 2.75) is 25.9 Å². The first-order valence-electron chi connectivity index (χ1n) is 5.71. The van der Waals surface area contributed by atoms with E-state index in [4.69, 9.17) is 11.6 Å². The minimum absolute atomic E-state index is 0.373. The first-order valence-corrected chi connectivity index (χ1v) is 6.08. The summed E-state index contributed by atoms with van der Waals surface area (Å²) in [6.07, 6.45) is 2.68. The molecule has 1 heterocycles. The molecule has 17 heavy (non-hydrogen) atoms. The Bertz CT molecular complexity index is 453. The number of H-pyrrole nitrogens is 1. The first-order chi connectivity index (χ1) is 8.25. The van der Waals surface area contributed by atoms with E-state index in [2.05, 4.69) is 28.5 Å². The molecule has 1 unspecified atom stereocenters. The van der Waals surface area contributed by atoms with Crippen LogP contribution >= 0.6 is 11.6 Å². The van der Waals surface area contributed by atoms with E-state index in [1.807, 2.05) is 24.3 Å². The van der Waals surface area contributed by atoms with Crippen LogP contribution in [-0.4, -0.2) is 16.2 Å². The van der Waals surface area contributed by atoms with Crippen molar-refractivity contribution in [3.8, 4) is 0 Å². The third kappa shape index (κ3) is 3.58. The molecule has 0 aliphatic carbocycles. The molecule has 1 aromatic carbocycles. The van der Waals surface area contributed by atoms with Crippen LogP contribution in [0.5, 0.6) is 0 Å².